The molecule has 5 heteroatoms. The molecular weight excluding hydrogens is 194 g/mol. The van der Waals surface area contributed by atoms with E-state index >= 15 is 0 Å². The number of hydrogen-bond acceptors (Lipinski definition) is 3. The van der Waals surface area contributed by atoms with Gasteiger partial charge in [0.15, 0.2) is 0 Å². The number of hydrogen-bond donors (Lipinski definition) is 3. The Hall–Kier alpha value is -1.10. The van der Waals surface area contributed by atoms with Crippen molar-refractivity contribution in [3.8, 4) is 0 Å². The Kier molecular flexibility index (Phi) is 6.70. The van der Waals surface area contributed by atoms with Crippen LogP contribution in [0.25, 0.3) is 0 Å². The summed E-state index contributed by atoms with van der Waals surface area (Å²) >= 11 is 0. The molecule has 15 heavy (non-hydrogen) atoms. The van der Waals surface area contributed by atoms with Crippen LogP contribution >= 0.6 is 0 Å². The summed E-state index contributed by atoms with van der Waals surface area (Å²) in [7, 11) is 0. The minimum atomic E-state index is -0.469. The first kappa shape index (κ1) is 13.9. The molecule has 0 unspecified atom stereocenters. The van der Waals surface area contributed by atoms with Gasteiger partial charge in [-0.05, 0) is 12.3 Å². The van der Waals surface area contributed by atoms with E-state index in [0.29, 0.717) is 19.4 Å². The van der Waals surface area contributed by atoms with E-state index in [-0.39, 0.29) is 17.7 Å². The molecule has 88 valence electrons. The molecule has 0 saturated carbocycles. The Bertz CT molecular complexity index is 219. The maximum Gasteiger partial charge on any atom is 0.237 e. The monoisotopic (exact) mass is 215 g/mol. The van der Waals surface area contributed by atoms with Gasteiger partial charge in [-0.3, -0.25) is 9.59 Å². The van der Waals surface area contributed by atoms with E-state index in [0.717, 1.165) is 6.42 Å². The average Bonchev–Trinajstić information content (AvgIpc) is 2.21. The molecule has 0 aliphatic rings. The van der Waals surface area contributed by atoms with Crippen LogP contribution in [0.3, 0.4) is 0 Å². The van der Waals surface area contributed by atoms with Crippen LogP contribution in [0.1, 0.15) is 33.1 Å². The molecule has 0 aliphatic carbocycles. The van der Waals surface area contributed by atoms with Crippen LogP contribution in [0.4, 0.5) is 0 Å². The Balaban J connectivity index is 3.69. The minimum absolute atomic E-state index is 0.158. The number of amides is 2. The molecule has 2 atom stereocenters. The summed E-state index contributed by atoms with van der Waals surface area (Å²) in [6, 6.07) is -0.469. The third-order valence-electron chi connectivity index (χ3n) is 2.46. The molecule has 5 nitrogen and oxygen atoms in total. The van der Waals surface area contributed by atoms with Crippen molar-refractivity contribution in [2.45, 2.75) is 39.2 Å². The third kappa shape index (κ3) is 6.06. The molecule has 5 N–H and O–H groups in total. The highest BCUT2D eigenvalue weighted by Gasteiger charge is 2.18. The maximum atomic E-state index is 11.4. The lowest BCUT2D eigenvalue weighted by molar-refractivity contribution is -0.123. The normalized spacial score (nSPS) is 14.3. The predicted molar refractivity (Wildman–Crippen MR) is 58.9 cm³/mol. The molecule has 0 spiro atoms. The number of primary amides is 1. The SMILES string of the molecule is CC[C@H](C)[C@H](N)C(=O)NCCCC(N)=O. The largest absolute Gasteiger partial charge is 0.370 e. The van der Waals surface area contributed by atoms with Crippen LogP contribution in [0, 0.1) is 5.92 Å². The second-order valence-electron chi connectivity index (χ2n) is 3.77. The van der Waals surface area contributed by atoms with Crippen LogP contribution in [0.5, 0.6) is 0 Å². The summed E-state index contributed by atoms with van der Waals surface area (Å²) in [4.78, 5) is 21.9. The van der Waals surface area contributed by atoms with Crippen molar-refractivity contribution in [1.82, 2.24) is 5.32 Å². The highest BCUT2D eigenvalue weighted by Crippen LogP contribution is 2.04. The van der Waals surface area contributed by atoms with Gasteiger partial charge in [-0.15, -0.1) is 0 Å². The molecule has 0 saturated heterocycles. The van der Waals surface area contributed by atoms with Crippen molar-refractivity contribution < 1.29 is 9.59 Å². The summed E-state index contributed by atoms with van der Waals surface area (Å²) in [5, 5.41) is 2.68. The molecule has 0 fully saturated rings. The van der Waals surface area contributed by atoms with Gasteiger partial charge >= 0.3 is 0 Å². The molecular formula is C10H21N3O2. The Morgan fingerprint density at radius 1 is 1.40 bits per heavy atom. The van der Waals surface area contributed by atoms with Crippen molar-refractivity contribution in [2.75, 3.05) is 6.54 Å². The van der Waals surface area contributed by atoms with Gasteiger partial charge < -0.3 is 16.8 Å². The highest BCUT2D eigenvalue weighted by atomic mass is 16.2. The third-order valence-corrected chi connectivity index (χ3v) is 2.46. The Morgan fingerprint density at radius 3 is 2.47 bits per heavy atom. The van der Waals surface area contributed by atoms with Crippen molar-refractivity contribution in [2.24, 2.45) is 17.4 Å². The van der Waals surface area contributed by atoms with Crippen molar-refractivity contribution in [1.29, 1.82) is 0 Å². The van der Waals surface area contributed by atoms with E-state index in [1.54, 1.807) is 0 Å². The first-order valence-electron chi connectivity index (χ1n) is 5.30. The number of rotatable bonds is 7. The first-order valence-corrected chi connectivity index (χ1v) is 5.30. The standard InChI is InChI=1S/C10H21N3O2/c1-3-7(2)9(12)10(15)13-6-4-5-8(11)14/h7,9H,3-6,12H2,1-2H3,(H2,11,14)(H,13,15)/t7-,9-/m0/s1. The van der Waals surface area contributed by atoms with Gasteiger partial charge in [0.2, 0.25) is 11.8 Å². The van der Waals surface area contributed by atoms with E-state index in [4.69, 9.17) is 11.5 Å². The molecule has 0 bridgehead atoms. The van der Waals surface area contributed by atoms with Gasteiger partial charge in [-0.25, -0.2) is 0 Å². The quantitative estimate of drug-likeness (QED) is 0.510. The summed E-state index contributed by atoms with van der Waals surface area (Å²) in [6.07, 6.45) is 1.73. The van der Waals surface area contributed by atoms with E-state index in [9.17, 15) is 9.59 Å². The van der Waals surface area contributed by atoms with Crippen LogP contribution in [-0.2, 0) is 9.59 Å². The summed E-state index contributed by atoms with van der Waals surface area (Å²) in [5.74, 6) is -0.342. The van der Waals surface area contributed by atoms with Gasteiger partial charge in [0.05, 0.1) is 6.04 Å². The fourth-order valence-corrected chi connectivity index (χ4v) is 1.10. The molecule has 0 aromatic rings. The van der Waals surface area contributed by atoms with Gasteiger partial charge in [0.25, 0.3) is 0 Å². The average molecular weight is 215 g/mol. The first-order chi connectivity index (χ1) is 6.99. The zero-order chi connectivity index (χ0) is 11.8. The van der Waals surface area contributed by atoms with E-state index < -0.39 is 6.04 Å². The zero-order valence-corrected chi connectivity index (χ0v) is 9.45. The summed E-state index contributed by atoms with van der Waals surface area (Å²) in [5.41, 5.74) is 10.7. The van der Waals surface area contributed by atoms with E-state index in [1.807, 2.05) is 13.8 Å². The molecule has 2 amide bonds. The van der Waals surface area contributed by atoms with E-state index in [2.05, 4.69) is 5.32 Å². The zero-order valence-electron chi connectivity index (χ0n) is 9.45. The number of nitrogens with two attached hydrogens (primary N) is 2. The molecule has 0 aromatic heterocycles. The predicted octanol–water partition coefficient (Wildman–Crippen LogP) is -0.258. The molecule has 0 aromatic carbocycles. The fraction of sp³-hybridized carbons (Fsp3) is 0.800. The van der Waals surface area contributed by atoms with Crippen molar-refractivity contribution >= 4 is 11.8 Å². The second-order valence-corrected chi connectivity index (χ2v) is 3.77. The van der Waals surface area contributed by atoms with Crippen molar-refractivity contribution in [3.05, 3.63) is 0 Å². The molecule has 0 heterocycles. The van der Waals surface area contributed by atoms with Crippen LogP contribution in [0.2, 0.25) is 0 Å². The lowest BCUT2D eigenvalue weighted by atomic mass is 9.99. The number of carbonyl (C=O) groups excluding carboxylic acids is 2. The lowest BCUT2D eigenvalue weighted by Gasteiger charge is -2.17. The molecule has 0 radical (unpaired) electrons. The maximum absolute atomic E-state index is 11.4. The second kappa shape index (κ2) is 7.23. The number of carbonyl (C=O) groups is 2. The van der Waals surface area contributed by atoms with Gasteiger partial charge in [-0.1, -0.05) is 20.3 Å². The van der Waals surface area contributed by atoms with Gasteiger partial charge in [-0.2, -0.15) is 0 Å². The Labute approximate surface area is 90.6 Å². The molecule has 0 rings (SSSR count). The van der Waals surface area contributed by atoms with Crippen LogP contribution in [0.15, 0.2) is 0 Å². The highest BCUT2D eigenvalue weighted by molar-refractivity contribution is 5.81. The topological polar surface area (TPSA) is 98.2 Å². The summed E-state index contributed by atoms with van der Waals surface area (Å²) < 4.78 is 0. The van der Waals surface area contributed by atoms with Crippen molar-refractivity contribution in [3.63, 3.8) is 0 Å². The van der Waals surface area contributed by atoms with Gasteiger partial charge in [0.1, 0.15) is 0 Å². The Morgan fingerprint density at radius 2 is 2.00 bits per heavy atom. The fourth-order valence-electron chi connectivity index (χ4n) is 1.10. The lowest BCUT2D eigenvalue weighted by Crippen LogP contribution is -2.44. The van der Waals surface area contributed by atoms with Crippen LogP contribution < -0.4 is 16.8 Å². The minimum Gasteiger partial charge on any atom is -0.370 e. The number of nitrogens with one attached hydrogen (secondary N) is 1. The molecule has 0 aliphatic heterocycles. The summed E-state index contributed by atoms with van der Waals surface area (Å²) in [6.45, 7) is 4.38. The van der Waals surface area contributed by atoms with Crippen LogP contribution in [-0.4, -0.2) is 24.4 Å². The smallest absolute Gasteiger partial charge is 0.237 e. The van der Waals surface area contributed by atoms with E-state index in [1.165, 1.54) is 0 Å². The van der Waals surface area contributed by atoms with Gasteiger partial charge in [0, 0.05) is 13.0 Å².